The summed E-state index contributed by atoms with van der Waals surface area (Å²) in [6.45, 7) is 0.571. The predicted octanol–water partition coefficient (Wildman–Crippen LogP) is 7.67. The fourth-order valence-corrected chi connectivity index (χ4v) is 16.2. The Morgan fingerprint density at radius 3 is 1.74 bits per heavy atom. The van der Waals surface area contributed by atoms with Gasteiger partial charge in [-0.1, -0.05) is 23.5 Å². The number of hydrogen-bond acceptors (Lipinski definition) is 20. The van der Waals surface area contributed by atoms with Gasteiger partial charge in [-0.05, 0) is 24.3 Å². The molecule has 0 aliphatic rings. The molecule has 0 aromatic heterocycles. The first-order valence-electron chi connectivity index (χ1n) is 14.6. The topological polar surface area (TPSA) is 119 Å². The molecule has 0 aliphatic heterocycles. The van der Waals surface area contributed by atoms with Crippen LogP contribution in [0.4, 0.5) is 0 Å². The van der Waals surface area contributed by atoms with Crippen LogP contribution >= 0.6 is 141 Å². The van der Waals surface area contributed by atoms with E-state index in [1.165, 1.54) is 35.3 Å². The minimum Gasteiger partial charge on any atom is -0.455 e. The molecule has 0 saturated carbocycles. The molecule has 1 atom stereocenters. The van der Waals surface area contributed by atoms with Crippen LogP contribution in [0.2, 0.25) is 0 Å². The number of esters is 1. The van der Waals surface area contributed by atoms with E-state index in [0.29, 0.717) is 30.5 Å². The van der Waals surface area contributed by atoms with Gasteiger partial charge in [-0.3, -0.25) is 13.8 Å². The van der Waals surface area contributed by atoms with Crippen molar-refractivity contribution in [3.63, 3.8) is 0 Å². The van der Waals surface area contributed by atoms with E-state index < -0.39 is 10.8 Å². The lowest BCUT2D eigenvalue weighted by atomic mass is 10.5. The smallest absolute Gasteiger partial charge is 0.307 e. The summed E-state index contributed by atoms with van der Waals surface area (Å²) in [7, 11) is -0.734. The number of aliphatic hydroxyl groups excluding tert-OH is 2. The second-order valence-electron chi connectivity index (χ2n) is 8.40. The quantitative estimate of drug-likeness (QED) is 0.0206. The van der Waals surface area contributed by atoms with Crippen LogP contribution in [-0.2, 0) is 34.9 Å². The van der Waals surface area contributed by atoms with Crippen LogP contribution < -0.4 is 0 Å². The zero-order valence-electron chi connectivity index (χ0n) is 26.6. The van der Waals surface area contributed by atoms with Crippen LogP contribution in [0.25, 0.3) is 0 Å². The van der Waals surface area contributed by atoms with Crippen molar-refractivity contribution in [1.29, 1.82) is 0 Å². The van der Waals surface area contributed by atoms with Crippen LogP contribution in [0.3, 0.4) is 0 Å². The molecule has 2 N–H and O–H groups in total. The highest BCUT2D eigenvalue weighted by molar-refractivity contribution is 8.24. The number of hydrogen-bond donors (Lipinski definition) is 2. The molecule has 21 heteroatoms. The highest BCUT2D eigenvalue weighted by Gasteiger charge is 2.05. The molecule has 0 amide bonds. The van der Waals surface area contributed by atoms with Gasteiger partial charge in [-0.25, -0.2) is 9.78 Å². The normalized spacial score (nSPS) is 12.0. The molecule has 0 rings (SSSR count). The van der Waals surface area contributed by atoms with Gasteiger partial charge < -0.3 is 14.9 Å². The maximum atomic E-state index is 12.2. The van der Waals surface area contributed by atoms with E-state index in [2.05, 4.69) is 0 Å². The molecule has 0 aliphatic carbocycles. The Morgan fingerprint density at radius 1 is 0.532 bits per heavy atom. The van der Waals surface area contributed by atoms with Gasteiger partial charge in [0.2, 0.25) is 0 Å². The van der Waals surface area contributed by atoms with Gasteiger partial charge in [0, 0.05) is 88.0 Å². The lowest BCUT2D eigenvalue weighted by Gasteiger charge is -2.05. The Hall–Kier alpha value is 3.33. The van der Waals surface area contributed by atoms with Crippen LogP contribution in [0.15, 0.2) is 0 Å². The Kier molecular flexibility index (Phi) is 46.8. The number of aliphatic hydroxyl groups is 2. The molecule has 280 valence electrons. The molecule has 0 fully saturated rings. The van der Waals surface area contributed by atoms with Crippen molar-refractivity contribution in [2.24, 2.45) is 0 Å². The molecule has 47 heavy (non-hydrogen) atoms. The lowest BCUT2D eigenvalue weighted by molar-refractivity contribution is -0.278. The number of carbonyl (C=O) groups excluding carboxylic acids is 2. The highest BCUT2D eigenvalue weighted by atomic mass is 32.2. The third-order valence-corrected chi connectivity index (χ3v) is 19.6. The molecule has 0 heterocycles. The van der Waals surface area contributed by atoms with Crippen molar-refractivity contribution in [1.82, 2.24) is 0 Å². The molecule has 0 bridgehead atoms. The first-order valence-corrected chi connectivity index (χ1v) is 29.7. The molecule has 0 aromatic rings. The van der Waals surface area contributed by atoms with Crippen LogP contribution in [0.1, 0.15) is 25.7 Å². The highest BCUT2D eigenvalue weighted by Crippen LogP contribution is 2.22. The van der Waals surface area contributed by atoms with Crippen molar-refractivity contribution in [3.8, 4) is 0 Å². The number of carbonyl (C=O) groups is 2. The fraction of sp³-hybridized carbons (Fsp3) is 0.923. The average molecular weight is 908 g/mol. The first-order chi connectivity index (χ1) is 23.1. The zero-order valence-corrected chi connectivity index (χ0v) is 37.2. The van der Waals surface area contributed by atoms with Crippen molar-refractivity contribution in [2.75, 3.05) is 113 Å². The molecule has 8 nitrogen and oxygen atoms in total. The third kappa shape index (κ3) is 43.6. The summed E-state index contributed by atoms with van der Waals surface area (Å²) < 4.78 is 17.2. The predicted molar refractivity (Wildman–Crippen MR) is 233 cm³/mol. The summed E-state index contributed by atoms with van der Waals surface area (Å²) in [6, 6.07) is 0. The first kappa shape index (κ1) is 50.3. The van der Waals surface area contributed by atoms with Crippen LogP contribution in [0, 0.1) is 0 Å². The summed E-state index contributed by atoms with van der Waals surface area (Å²) in [5.41, 5.74) is 0. The second-order valence-corrected chi connectivity index (χ2v) is 24.8. The average Bonchev–Trinajstić information content (AvgIpc) is 3.06. The largest absolute Gasteiger partial charge is 0.455 e. The Balaban J connectivity index is 3.27. The fourth-order valence-electron chi connectivity index (χ4n) is 2.58. The van der Waals surface area contributed by atoms with E-state index in [0.717, 1.165) is 95.1 Å². The van der Waals surface area contributed by atoms with Gasteiger partial charge >= 0.3 is 5.97 Å². The maximum absolute atomic E-state index is 12.2. The number of thioether (sulfide) groups is 12. The molecule has 0 saturated heterocycles. The Labute approximate surface area is 336 Å². The van der Waals surface area contributed by atoms with E-state index in [1.54, 1.807) is 11.8 Å². The molecule has 0 spiro atoms. The second kappa shape index (κ2) is 43.7. The molecular formula is C26H50O8S13. The zero-order chi connectivity index (χ0) is 34.3. The maximum Gasteiger partial charge on any atom is 0.307 e. The summed E-state index contributed by atoms with van der Waals surface area (Å²) >= 11 is 20.6. The van der Waals surface area contributed by atoms with Gasteiger partial charge in [-0.15, -0.1) is 47.0 Å². The number of rotatable bonds is 39. The van der Waals surface area contributed by atoms with Gasteiger partial charge in [0.15, 0.2) is 5.12 Å². The summed E-state index contributed by atoms with van der Waals surface area (Å²) in [4.78, 5) is 33.4. The monoisotopic (exact) mass is 906 g/mol. The summed E-state index contributed by atoms with van der Waals surface area (Å²) in [6.07, 6.45) is 2.97. The van der Waals surface area contributed by atoms with Gasteiger partial charge in [0.1, 0.15) is 11.9 Å². The Bertz CT molecular complexity index is 720. The van der Waals surface area contributed by atoms with Gasteiger partial charge in [0.05, 0.1) is 24.9 Å². The van der Waals surface area contributed by atoms with E-state index in [-0.39, 0.29) is 23.8 Å². The van der Waals surface area contributed by atoms with Gasteiger partial charge in [-0.2, -0.15) is 70.6 Å². The van der Waals surface area contributed by atoms with E-state index >= 15 is 0 Å². The van der Waals surface area contributed by atoms with Gasteiger partial charge in [0.25, 0.3) is 0 Å². The minimum atomic E-state index is -0.734. The van der Waals surface area contributed by atoms with Crippen molar-refractivity contribution < 1.29 is 38.5 Å². The van der Waals surface area contributed by atoms with Crippen LogP contribution in [-0.4, -0.2) is 138 Å². The molecular weight excluding hydrogens is 857 g/mol. The van der Waals surface area contributed by atoms with E-state index in [9.17, 15) is 13.8 Å². The molecule has 1 unspecified atom stereocenters. The number of ether oxygens (including phenoxy) is 1. The van der Waals surface area contributed by atoms with Crippen molar-refractivity contribution in [2.45, 2.75) is 25.7 Å². The summed E-state index contributed by atoms with van der Waals surface area (Å²) in [5.74, 6) is 8.41. The van der Waals surface area contributed by atoms with Crippen molar-refractivity contribution >= 4 is 163 Å². The molecule has 0 aromatic carbocycles. The SMILES string of the molecule is O=C(CCSCSCSCCCS(=O)CCSCSCSCCSC(=O)CCSCSCSCCCOOCSCO)OCSCO. The van der Waals surface area contributed by atoms with E-state index in [4.69, 9.17) is 24.7 Å². The molecule has 0 radical (unpaired) electrons. The summed E-state index contributed by atoms with van der Waals surface area (Å²) in [5, 5.41) is 23.6. The van der Waals surface area contributed by atoms with Crippen LogP contribution in [0.5, 0.6) is 0 Å². The minimum absolute atomic E-state index is 0.0379. The lowest BCUT2D eigenvalue weighted by Crippen LogP contribution is -2.06. The van der Waals surface area contributed by atoms with E-state index in [1.807, 2.05) is 94.1 Å². The standard InChI is InChI=1S/C26H50O8S13/c27-15-41-17-32-25(29)3-8-37-21-44-20-36-7-2-13-47(31)14-12-40-24-45-23-39-10-11-46-26(30)4-9-38-22-43-19-35-6-1-5-33-34-18-42-16-28/h27-28H,1-24H2. The Morgan fingerprint density at radius 2 is 1.09 bits per heavy atom. The third-order valence-electron chi connectivity index (χ3n) is 4.72. The van der Waals surface area contributed by atoms with Crippen molar-refractivity contribution in [3.05, 3.63) is 0 Å².